The Morgan fingerprint density at radius 3 is 2.64 bits per heavy atom. The Balaban J connectivity index is 2.35. The van der Waals surface area contributed by atoms with Crippen LogP contribution in [0, 0.1) is 0 Å². The van der Waals surface area contributed by atoms with Crippen molar-refractivity contribution < 1.29 is 19.1 Å². The van der Waals surface area contributed by atoms with Crippen LogP contribution in [0.2, 0.25) is 0 Å². The third kappa shape index (κ3) is 1.32. The molecule has 1 saturated heterocycles. The minimum absolute atomic E-state index is 0.479. The van der Waals surface area contributed by atoms with Crippen LogP contribution in [0.5, 0.6) is 0 Å². The number of carbonyl (C=O) groups is 1. The first-order valence-electron chi connectivity index (χ1n) is 4.61. The summed E-state index contributed by atoms with van der Waals surface area (Å²) in [6.45, 7) is 0.958. The van der Waals surface area contributed by atoms with Crippen molar-refractivity contribution in [2.45, 2.75) is 18.3 Å². The van der Waals surface area contributed by atoms with E-state index in [9.17, 15) is 9.90 Å². The molecule has 0 atom stereocenters. The zero-order valence-electron chi connectivity index (χ0n) is 7.73. The van der Waals surface area contributed by atoms with Gasteiger partial charge < -0.3 is 14.3 Å². The van der Waals surface area contributed by atoms with Crippen molar-refractivity contribution >= 4 is 5.97 Å². The van der Waals surface area contributed by atoms with E-state index in [1.165, 1.54) is 6.26 Å². The van der Waals surface area contributed by atoms with E-state index in [-0.39, 0.29) is 0 Å². The fraction of sp³-hybridized carbons (Fsp3) is 0.500. The minimum atomic E-state index is -0.873. The maximum absolute atomic E-state index is 11.3. The highest BCUT2D eigenvalue weighted by atomic mass is 16.5. The maximum Gasteiger partial charge on any atom is 0.317 e. The zero-order chi connectivity index (χ0) is 10.0. The summed E-state index contributed by atoms with van der Waals surface area (Å²) in [6, 6.07) is 3.44. The van der Waals surface area contributed by atoms with Crippen molar-refractivity contribution in [1.29, 1.82) is 0 Å². The van der Waals surface area contributed by atoms with Crippen LogP contribution in [0.4, 0.5) is 0 Å². The number of rotatable bonds is 2. The van der Waals surface area contributed by atoms with E-state index in [0.29, 0.717) is 31.8 Å². The quantitative estimate of drug-likeness (QED) is 0.776. The van der Waals surface area contributed by atoms with Gasteiger partial charge in [0.15, 0.2) is 0 Å². The van der Waals surface area contributed by atoms with Gasteiger partial charge in [-0.3, -0.25) is 4.79 Å². The van der Waals surface area contributed by atoms with Gasteiger partial charge in [0.05, 0.1) is 6.26 Å². The van der Waals surface area contributed by atoms with Crippen LogP contribution in [0.15, 0.2) is 22.8 Å². The van der Waals surface area contributed by atoms with Crippen LogP contribution in [0.3, 0.4) is 0 Å². The lowest BCUT2D eigenvalue weighted by atomic mass is 9.78. The monoisotopic (exact) mass is 196 g/mol. The number of ether oxygens (including phenoxy) is 1. The molecule has 0 aliphatic carbocycles. The molecule has 2 heterocycles. The number of hydrogen-bond acceptors (Lipinski definition) is 3. The number of carboxylic acids is 1. The van der Waals surface area contributed by atoms with Gasteiger partial charge >= 0.3 is 5.97 Å². The van der Waals surface area contributed by atoms with Gasteiger partial charge in [-0.25, -0.2) is 0 Å². The Labute approximate surface area is 81.5 Å². The summed E-state index contributed by atoms with van der Waals surface area (Å²) in [6.07, 6.45) is 2.47. The highest BCUT2D eigenvalue weighted by Gasteiger charge is 2.44. The van der Waals surface area contributed by atoms with E-state index in [4.69, 9.17) is 9.15 Å². The molecule has 0 radical (unpaired) electrons. The van der Waals surface area contributed by atoms with Crippen molar-refractivity contribution in [2.24, 2.45) is 0 Å². The molecule has 0 amide bonds. The molecule has 1 N–H and O–H groups in total. The van der Waals surface area contributed by atoms with E-state index in [1.54, 1.807) is 12.1 Å². The van der Waals surface area contributed by atoms with Gasteiger partial charge in [-0.2, -0.15) is 0 Å². The van der Waals surface area contributed by atoms with Gasteiger partial charge in [0.1, 0.15) is 11.2 Å². The third-order valence-electron chi connectivity index (χ3n) is 2.75. The van der Waals surface area contributed by atoms with E-state index in [1.807, 2.05) is 0 Å². The molecule has 0 unspecified atom stereocenters. The maximum atomic E-state index is 11.3. The summed E-state index contributed by atoms with van der Waals surface area (Å²) < 4.78 is 10.4. The summed E-state index contributed by atoms with van der Waals surface area (Å²) in [4.78, 5) is 11.3. The smallest absolute Gasteiger partial charge is 0.317 e. The summed E-state index contributed by atoms with van der Waals surface area (Å²) in [5.74, 6) is -0.288. The van der Waals surface area contributed by atoms with Crippen molar-refractivity contribution in [2.75, 3.05) is 13.2 Å². The molecule has 1 aliphatic rings. The Hall–Kier alpha value is -1.29. The first-order chi connectivity index (χ1) is 6.76. The fourth-order valence-electron chi connectivity index (χ4n) is 1.84. The Kier molecular flexibility index (Phi) is 2.29. The molecular weight excluding hydrogens is 184 g/mol. The number of furan rings is 1. The molecule has 0 saturated carbocycles. The molecule has 1 aliphatic heterocycles. The molecule has 0 aromatic carbocycles. The van der Waals surface area contributed by atoms with Crippen LogP contribution < -0.4 is 0 Å². The van der Waals surface area contributed by atoms with E-state index in [2.05, 4.69) is 0 Å². The van der Waals surface area contributed by atoms with Gasteiger partial charge in [-0.05, 0) is 25.0 Å². The summed E-state index contributed by atoms with van der Waals surface area (Å²) in [5, 5.41) is 9.25. The lowest BCUT2D eigenvalue weighted by Gasteiger charge is -2.30. The lowest BCUT2D eigenvalue weighted by molar-refractivity contribution is -0.148. The predicted molar refractivity (Wildman–Crippen MR) is 48.1 cm³/mol. The highest BCUT2D eigenvalue weighted by Crippen LogP contribution is 2.35. The summed E-state index contributed by atoms with van der Waals surface area (Å²) in [7, 11) is 0. The molecule has 4 heteroatoms. The average molecular weight is 196 g/mol. The van der Waals surface area contributed by atoms with Crippen molar-refractivity contribution in [3.05, 3.63) is 24.2 Å². The first kappa shape index (κ1) is 9.27. The number of hydrogen-bond donors (Lipinski definition) is 1. The first-order valence-corrected chi connectivity index (χ1v) is 4.61. The van der Waals surface area contributed by atoms with Crippen molar-refractivity contribution in [3.8, 4) is 0 Å². The minimum Gasteiger partial charge on any atom is -0.480 e. The second kappa shape index (κ2) is 3.46. The Morgan fingerprint density at radius 1 is 1.43 bits per heavy atom. The van der Waals surface area contributed by atoms with E-state index >= 15 is 0 Å². The van der Waals surface area contributed by atoms with Gasteiger partial charge in [0, 0.05) is 13.2 Å². The fourth-order valence-corrected chi connectivity index (χ4v) is 1.84. The number of aliphatic carboxylic acids is 1. The van der Waals surface area contributed by atoms with Gasteiger partial charge in [-0.1, -0.05) is 0 Å². The van der Waals surface area contributed by atoms with E-state index in [0.717, 1.165) is 0 Å². The molecule has 14 heavy (non-hydrogen) atoms. The summed E-state index contributed by atoms with van der Waals surface area (Å²) in [5.41, 5.74) is -0.873. The number of carboxylic acid groups (broad SMARTS) is 1. The summed E-state index contributed by atoms with van der Waals surface area (Å²) >= 11 is 0. The van der Waals surface area contributed by atoms with Crippen LogP contribution in [0.1, 0.15) is 18.6 Å². The molecule has 2 rings (SSSR count). The van der Waals surface area contributed by atoms with Crippen LogP contribution in [-0.2, 0) is 14.9 Å². The van der Waals surface area contributed by atoms with Crippen LogP contribution in [-0.4, -0.2) is 24.3 Å². The molecule has 4 nitrogen and oxygen atoms in total. The molecule has 0 spiro atoms. The van der Waals surface area contributed by atoms with Gasteiger partial charge in [-0.15, -0.1) is 0 Å². The molecular formula is C10H12O4. The largest absolute Gasteiger partial charge is 0.480 e. The molecule has 1 aromatic rings. The lowest BCUT2D eigenvalue weighted by Crippen LogP contribution is -2.40. The van der Waals surface area contributed by atoms with Crippen LogP contribution in [0.25, 0.3) is 0 Å². The molecule has 0 bridgehead atoms. The highest BCUT2D eigenvalue weighted by molar-refractivity contribution is 5.80. The van der Waals surface area contributed by atoms with Gasteiger partial charge in [0.2, 0.25) is 0 Å². The van der Waals surface area contributed by atoms with Crippen molar-refractivity contribution in [1.82, 2.24) is 0 Å². The normalized spacial score (nSPS) is 20.6. The molecule has 1 aromatic heterocycles. The molecule has 76 valence electrons. The van der Waals surface area contributed by atoms with Gasteiger partial charge in [0.25, 0.3) is 0 Å². The standard InChI is InChI=1S/C10H12O4/c11-9(12)10(3-6-13-7-4-10)8-2-1-5-14-8/h1-2,5H,3-4,6-7H2,(H,11,12). The van der Waals surface area contributed by atoms with Crippen LogP contribution >= 0.6 is 0 Å². The molecule has 1 fully saturated rings. The SMILES string of the molecule is O=C(O)C1(c2ccco2)CCOCC1. The second-order valence-corrected chi connectivity index (χ2v) is 3.48. The Bertz CT molecular complexity index is 309. The predicted octanol–water partition coefficient (Wildman–Crippen LogP) is 1.41. The third-order valence-corrected chi connectivity index (χ3v) is 2.75. The van der Waals surface area contributed by atoms with E-state index < -0.39 is 11.4 Å². The Morgan fingerprint density at radius 2 is 2.14 bits per heavy atom. The van der Waals surface area contributed by atoms with Crippen molar-refractivity contribution in [3.63, 3.8) is 0 Å². The topological polar surface area (TPSA) is 59.7 Å². The zero-order valence-corrected chi connectivity index (χ0v) is 7.73. The second-order valence-electron chi connectivity index (χ2n) is 3.48. The average Bonchev–Trinajstić information content (AvgIpc) is 2.72.